The van der Waals surface area contributed by atoms with Crippen molar-refractivity contribution in [1.82, 2.24) is 20.1 Å². The fraction of sp³-hybridized carbons (Fsp3) is 0.500. The van der Waals surface area contributed by atoms with Gasteiger partial charge in [0.05, 0.1) is 24.7 Å². The maximum Gasteiger partial charge on any atom is 0.426 e. The van der Waals surface area contributed by atoms with Crippen molar-refractivity contribution >= 4 is 35.1 Å². The standard InChI is InChI=1S/C26H29F4N5O4S/c1-14(2)20(32-21(36)17-11-16(26(28,29)30)5-6-18(17)27)22(37)34-9-7-25(8-10-34)23(38)33(4)24(39)35(25)12-19-31-15(3)13-40-19/h5-6,11,13-14,20H,7-10,12H2,1-4H3,(H,32,36)/p+1/t20-/m1/s1. The van der Waals surface area contributed by atoms with Crippen molar-refractivity contribution in [2.24, 2.45) is 5.92 Å². The Kier molecular flexibility index (Phi) is 8.05. The predicted octanol–water partition coefficient (Wildman–Crippen LogP) is 2.40. The molecule has 0 saturated carbocycles. The Morgan fingerprint density at radius 3 is 2.40 bits per heavy atom. The molecule has 5 amide bonds. The molecule has 40 heavy (non-hydrogen) atoms. The van der Waals surface area contributed by atoms with Crippen molar-refractivity contribution in [3.63, 3.8) is 0 Å². The Morgan fingerprint density at radius 1 is 1.20 bits per heavy atom. The summed E-state index contributed by atoms with van der Waals surface area (Å²) in [6.45, 7) is 5.50. The van der Waals surface area contributed by atoms with Crippen LogP contribution in [0, 0.1) is 18.7 Å². The number of aryl methyl sites for hydroxylation is 1. The van der Waals surface area contributed by atoms with Crippen LogP contribution in [0.25, 0.3) is 0 Å². The van der Waals surface area contributed by atoms with Crippen LogP contribution in [0.1, 0.15) is 53.3 Å². The quantitative estimate of drug-likeness (QED) is 0.401. The summed E-state index contributed by atoms with van der Waals surface area (Å²) in [7, 11) is 1.49. The molecule has 0 radical (unpaired) electrons. The molecule has 2 aliphatic rings. The van der Waals surface area contributed by atoms with E-state index in [1.165, 1.54) is 28.2 Å². The number of likely N-dealkylation sites (N-methyl/N-ethyl adjacent to an activating group) is 1. The molecule has 1 aromatic heterocycles. The summed E-state index contributed by atoms with van der Waals surface area (Å²) in [5.74, 6) is -3.56. The molecule has 4 rings (SSSR count). The molecule has 216 valence electrons. The number of quaternary nitrogens is 1. The SMILES string of the molecule is Cc1csc(CN2C(=O)[NH+](C)C(=O)C23CCN(C(=O)[C@H](NC(=O)c2cc(C(F)(F)F)ccc2F)C(C)C)CC3)n1. The topological polar surface area (TPSA) is 104 Å². The third-order valence-corrected chi connectivity index (χ3v) is 8.42. The number of benzene rings is 1. The number of piperidine rings is 1. The fourth-order valence-corrected chi connectivity index (χ4v) is 5.96. The van der Waals surface area contributed by atoms with Gasteiger partial charge in [0.25, 0.3) is 5.91 Å². The zero-order valence-electron chi connectivity index (χ0n) is 22.4. The maximum absolute atomic E-state index is 14.3. The number of hydrogen-bond acceptors (Lipinski definition) is 6. The van der Waals surface area contributed by atoms with E-state index in [1.807, 2.05) is 12.3 Å². The van der Waals surface area contributed by atoms with E-state index in [0.717, 1.165) is 5.69 Å². The molecule has 0 aliphatic carbocycles. The number of likely N-dealkylation sites (tertiary alicyclic amines) is 1. The van der Waals surface area contributed by atoms with Gasteiger partial charge in [-0.15, -0.1) is 11.3 Å². The number of thiazole rings is 1. The average Bonchev–Trinajstić information content (AvgIpc) is 3.38. The lowest BCUT2D eigenvalue weighted by molar-refractivity contribution is -0.703. The van der Waals surface area contributed by atoms with Crippen molar-refractivity contribution < 1.29 is 41.6 Å². The second-order valence-electron chi connectivity index (χ2n) is 10.5. The van der Waals surface area contributed by atoms with E-state index in [4.69, 9.17) is 0 Å². The average molecular weight is 585 g/mol. The van der Waals surface area contributed by atoms with E-state index < -0.39 is 52.4 Å². The monoisotopic (exact) mass is 584 g/mol. The van der Waals surface area contributed by atoms with Crippen LogP contribution in [0.3, 0.4) is 0 Å². The number of amides is 5. The molecule has 14 heteroatoms. The molecule has 0 bridgehead atoms. The van der Waals surface area contributed by atoms with Crippen LogP contribution in [-0.2, 0) is 22.3 Å². The summed E-state index contributed by atoms with van der Waals surface area (Å²) in [5.41, 5.74) is -2.32. The van der Waals surface area contributed by atoms with Gasteiger partial charge in [0.15, 0.2) is 5.54 Å². The van der Waals surface area contributed by atoms with Gasteiger partial charge in [0.1, 0.15) is 16.9 Å². The number of alkyl halides is 3. The number of urea groups is 1. The molecule has 2 aliphatic heterocycles. The molecule has 3 heterocycles. The zero-order chi connectivity index (χ0) is 29.6. The minimum Gasteiger partial charge on any atom is -0.341 e. The Balaban J connectivity index is 1.50. The lowest BCUT2D eigenvalue weighted by atomic mass is 9.85. The number of rotatable bonds is 6. The van der Waals surface area contributed by atoms with E-state index >= 15 is 0 Å². The normalized spacial score (nSPS) is 20.0. The minimum atomic E-state index is -4.78. The van der Waals surface area contributed by atoms with Crippen LogP contribution >= 0.6 is 11.3 Å². The number of nitrogens with one attached hydrogen (secondary N) is 2. The second kappa shape index (κ2) is 10.9. The molecule has 2 N–H and O–H groups in total. The van der Waals surface area contributed by atoms with E-state index in [2.05, 4.69) is 10.3 Å². The van der Waals surface area contributed by atoms with E-state index in [1.54, 1.807) is 13.8 Å². The molecule has 2 saturated heterocycles. The zero-order valence-corrected chi connectivity index (χ0v) is 23.2. The number of nitrogens with zero attached hydrogens (tertiary/aromatic N) is 3. The number of carbonyl (C=O) groups is 4. The number of halogens is 4. The Bertz CT molecular complexity index is 1340. The highest BCUT2D eigenvalue weighted by atomic mass is 32.1. The van der Waals surface area contributed by atoms with Crippen molar-refractivity contribution in [3.05, 3.63) is 51.2 Å². The molecule has 1 spiro atoms. The number of carbonyl (C=O) groups excluding carboxylic acids is 4. The van der Waals surface area contributed by atoms with Gasteiger partial charge < -0.3 is 10.2 Å². The predicted molar refractivity (Wildman–Crippen MR) is 136 cm³/mol. The summed E-state index contributed by atoms with van der Waals surface area (Å²) in [6.07, 6.45) is -4.43. The van der Waals surface area contributed by atoms with Crippen LogP contribution in [-0.4, -0.2) is 70.3 Å². The molecule has 9 nitrogen and oxygen atoms in total. The molecule has 2 aromatic rings. The number of imide groups is 1. The summed E-state index contributed by atoms with van der Waals surface area (Å²) < 4.78 is 53.6. The van der Waals surface area contributed by atoms with Crippen LogP contribution in [0.4, 0.5) is 22.4 Å². The number of aromatic nitrogens is 1. The van der Waals surface area contributed by atoms with Gasteiger partial charge in [-0.1, -0.05) is 13.8 Å². The lowest BCUT2D eigenvalue weighted by Crippen LogP contribution is -3.13. The van der Waals surface area contributed by atoms with Gasteiger partial charge in [0.2, 0.25) is 5.91 Å². The Hall–Kier alpha value is -3.39. The second-order valence-corrected chi connectivity index (χ2v) is 11.4. The summed E-state index contributed by atoms with van der Waals surface area (Å²) >= 11 is 1.39. The van der Waals surface area contributed by atoms with Gasteiger partial charge in [-0.2, -0.15) is 18.1 Å². The molecule has 2 fully saturated rings. The largest absolute Gasteiger partial charge is 0.426 e. The minimum absolute atomic E-state index is 0.107. The van der Waals surface area contributed by atoms with Crippen molar-refractivity contribution in [2.45, 2.75) is 57.9 Å². The molecule has 1 unspecified atom stereocenters. The first kappa shape index (κ1) is 29.6. The van der Waals surface area contributed by atoms with Crippen molar-refractivity contribution in [1.29, 1.82) is 0 Å². The highest BCUT2D eigenvalue weighted by Gasteiger charge is 2.62. The third-order valence-electron chi connectivity index (χ3n) is 7.47. The smallest absolute Gasteiger partial charge is 0.341 e. The first-order valence-corrected chi connectivity index (χ1v) is 13.6. The Labute approximate surface area is 232 Å². The lowest BCUT2D eigenvalue weighted by Gasteiger charge is -2.41. The van der Waals surface area contributed by atoms with E-state index in [0.29, 0.717) is 23.2 Å². The molecule has 1 aromatic carbocycles. The first-order chi connectivity index (χ1) is 18.7. The van der Waals surface area contributed by atoms with E-state index in [9.17, 15) is 36.7 Å². The third kappa shape index (κ3) is 5.46. The first-order valence-electron chi connectivity index (χ1n) is 12.7. The molecular formula is C26H30F4N5O4S+. The number of hydrogen-bond donors (Lipinski definition) is 2. The van der Waals surface area contributed by atoms with Crippen molar-refractivity contribution in [3.8, 4) is 0 Å². The highest BCUT2D eigenvalue weighted by Crippen LogP contribution is 2.34. The van der Waals surface area contributed by atoms with Crippen LogP contribution in [0.5, 0.6) is 0 Å². The molecular weight excluding hydrogens is 554 g/mol. The highest BCUT2D eigenvalue weighted by molar-refractivity contribution is 7.09. The van der Waals surface area contributed by atoms with Gasteiger partial charge in [-0.3, -0.25) is 14.5 Å². The molecule has 2 atom stereocenters. The van der Waals surface area contributed by atoms with Gasteiger partial charge >= 0.3 is 18.1 Å². The Morgan fingerprint density at radius 2 is 1.85 bits per heavy atom. The summed E-state index contributed by atoms with van der Waals surface area (Å²) in [5, 5.41) is 4.94. The fourth-order valence-electron chi connectivity index (χ4n) is 5.20. The van der Waals surface area contributed by atoms with Crippen LogP contribution < -0.4 is 10.2 Å². The van der Waals surface area contributed by atoms with Crippen molar-refractivity contribution in [2.75, 3.05) is 20.1 Å². The van der Waals surface area contributed by atoms with Gasteiger partial charge in [-0.25, -0.2) is 19.0 Å². The summed E-state index contributed by atoms with van der Waals surface area (Å²) in [6, 6.07) is -0.0103. The van der Waals surface area contributed by atoms with Crippen LogP contribution in [0.2, 0.25) is 0 Å². The van der Waals surface area contributed by atoms with Crippen LogP contribution in [0.15, 0.2) is 23.6 Å². The van der Waals surface area contributed by atoms with E-state index in [-0.39, 0.29) is 49.3 Å². The van der Waals surface area contributed by atoms with Gasteiger partial charge in [0, 0.05) is 37.0 Å². The maximum atomic E-state index is 14.3. The summed E-state index contributed by atoms with van der Waals surface area (Å²) in [4.78, 5) is 60.0. The van der Waals surface area contributed by atoms with Gasteiger partial charge in [-0.05, 0) is 31.0 Å².